The number of benzene rings is 4. The monoisotopic (exact) mass is 496 g/mol. The summed E-state index contributed by atoms with van der Waals surface area (Å²) in [6.07, 6.45) is 0.485. The number of thiazole rings is 1. The number of hydrogen-bond donors (Lipinski definition) is 3. The maximum Gasteiger partial charge on any atom is 0.307 e. The average Bonchev–Trinajstić information content (AvgIpc) is 3.20. The van der Waals surface area contributed by atoms with Crippen LogP contribution in [0.2, 0.25) is 0 Å². The average molecular weight is 497 g/mol. The molecule has 0 fully saturated rings. The number of aromatic nitrogens is 1. The number of fused-ring (bicyclic) bond motifs is 1. The van der Waals surface area contributed by atoms with Gasteiger partial charge < -0.3 is 15.1 Å². The fourth-order valence-corrected chi connectivity index (χ4v) is 5.01. The van der Waals surface area contributed by atoms with E-state index in [9.17, 15) is 19.8 Å². The summed E-state index contributed by atoms with van der Waals surface area (Å²) in [5.74, 6) is 0.0602. The van der Waals surface area contributed by atoms with Gasteiger partial charge in [0.2, 0.25) is 5.88 Å². The summed E-state index contributed by atoms with van der Waals surface area (Å²) in [4.78, 5) is 28.9. The van der Waals surface area contributed by atoms with Gasteiger partial charge in [0.05, 0.1) is 4.88 Å². The third-order valence-corrected chi connectivity index (χ3v) is 6.99. The van der Waals surface area contributed by atoms with E-state index < -0.39 is 0 Å². The number of nitrogens with zero attached hydrogens (tertiary/aromatic N) is 1. The second kappa shape index (κ2) is 9.71. The van der Waals surface area contributed by atoms with Crippen LogP contribution in [0.15, 0.2) is 89.7 Å². The zero-order valence-corrected chi connectivity index (χ0v) is 20.4. The van der Waals surface area contributed by atoms with E-state index in [1.807, 2.05) is 54.6 Å². The van der Waals surface area contributed by atoms with Gasteiger partial charge in [0.15, 0.2) is 0 Å². The number of nitrogens with one attached hydrogen (secondary N) is 1. The van der Waals surface area contributed by atoms with Crippen molar-refractivity contribution in [1.29, 1.82) is 0 Å². The molecule has 0 unspecified atom stereocenters. The highest BCUT2D eigenvalue weighted by molar-refractivity contribution is 7.09. The first kappa shape index (κ1) is 23.4. The molecule has 180 valence electrons. The molecule has 1 aromatic heterocycles. The Morgan fingerprint density at radius 2 is 1.61 bits per heavy atom. The molecular weight excluding hydrogens is 472 g/mol. The van der Waals surface area contributed by atoms with Gasteiger partial charge in [0, 0.05) is 25.6 Å². The molecule has 5 aromatic rings. The Kier molecular flexibility index (Phi) is 6.31. The maximum atomic E-state index is 13.1. The molecule has 0 bridgehead atoms. The lowest BCUT2D eigenvalue weighted by Gasteiger charge is -2.18. The number of carbonyl (C=O) groups is 1. The van der Waals surface area contributed by atoms with Crippen molar-refractivity contribution in [3.63, 3.8) is 0 Å². The zero-order chi connectivity index (χ0) is 25.2. The Labute approximate surface area is 211 Å². The van der Waals surface area contributed by atoms with E-state index >= 15 is 0 Å². The molecule has 4 aromatic carbocycles. The standard InChI is InChI=1S/C29H24N2O4S/c1-31(28(34)24-10-9-23-16-25(32)12-11-22(23)15-24)17-19-3-2-4-21(13-19)20-7-5-18(6-8-20)14-26-27(33)30-29(35)36-26/h2-13,15-16,32-33H,14,17H2,1H3,(H,30,35). The van der Waals surface area contributed by atoms with Crippen molar-refractivity contribution in [2.24, 2.45) is 0 Å². The molecule has 6 nitrogen and oxygen atoms in total. The Hall–Kier alpha value is -4.36. The van der Waals surface area contributed by atoms with Crippen LogP contribution in [0, 0.1) is 0 Å². The number of hydrogen-bond acceptors (Lipinski definition) is 5. The lowest BCUT2D eigenvalue weighted by molar-refractivity contribution is 0.0785. The molecule has 0 saturated carbocycles. The van der Waals surface area contributed by atoms with Crippen molar-refractivity contribution < 1.29 is 15.0 Å². The van der Waals surface area contributed by atoms with Crippen LogP contribution in [0.5, 0.6) is 11.6 Å². The Bertz CT molecular complexity index is 1620. The Balaban J connectivity index is 1.29. The molecule has 1 amide bonds. The van der Waals surface area contributed by atoms with Crippen molar-refractivity contribution in [1.82, 2.24) is 9.88 Å². The van der Waals surface area contributed by atoms with Gasteiger partial charge in [0.1, 0.15) is 5.75 Å². The minimum Gasteiger partial charge on any atom is -0.508 e. The predicted octanol–water partition coefficient (Wildman–Crippen LogP) is 5.53. The second-order valence-corrected chi connectivity index (χ2v) is 9.84. The number of rotatable bonds is 6. The molecule has 0 aliphatic carbocycles. The molecule has 0 atom stereocenters. The molecule has 0 aliphatic rings. The number of H-pyrrole nitrogens is 1. The number of phenolic OH excluding ortho intramolecular Hbond substituents is 1. The first-order valence-corrected chi connectivity index (χ1v) is 12.2. The van der Waals surface area contributed by atoms with Gasteiger partial charge in [-0.05, 0) is 63.4 Å². The third kappa shape index (κ3) is 5.01. The summed E-state index contributed by atoms with van der Waals surface area (Å²) in [6, 6.07) is 26.7. The van der Waals surface area contributed by atoms with Gasteiger partial charge in [-0.15, -0.1) is 0 Å². The Morgan fingerprint density at radius 1 is 0.861 bits per heavy atom. The first-order chi connectivity index (χ1) is 17.4. The van der Waals surface area contributed by atoms with Crippen molar-refractivity contribution in [2.75, 3.05) is 7.05 Å². The van der Waals surface area contributed by atoms with Crippen LogP contribution in [-0.2, 0) is 13.0 Å². The SMILES string of the molecule is CN(Cc1cccc(-c2ccc(Cc3sc(=O)[nH]c3O)cc2)c1)C(=O)c1ccc2cc(O)ccc2c1. The predicted molar refractivity (Wildman–Crippen MR) is 143 cm³/mol. The molecule has 5 rings (SSSR count). The number of carbonyl (C=O) groups excluding carboxylic acids is 1. The van der Waals surface area contributed by atoms with Gasteiger partial charge in [-0.2, -0.15) is 0 Å². The zero-order valence-electron chi connectivity index (χ0n) is 19.6. The van der Waals surface area contributed by atoms with E-state index in [4.69, 9.17) is 0 Å². The van der Waals surface area contributed by atoms with Crippen molar-refractivity contribution >= 4 is 28.0 Å². The molecule has 3 N–H and O–H groups in total. The van der Waals surface area contributed by atoms with Crippen molar-refractivity contribution in [3.8, 4) is 22.8 Å². The molecule has 0 radical (unpaired) electrons. The summed E-state index contributed by atoms with van der Waals surface area (Å²) in [5, 5.41) is 21.3. The van der Waals surface area contributed by atoms with Crippen LogP contribution in [0.3, 0.4) is 0 Å². The summed E-state index contributed by atoms with van der Waals surface area (Å²) in [5.41, 5.74) is 4.69. The van der Waals surface area contributed by atoms with Crippen LogP contribution in [0.1, 0.15) is 26.4 Å². The van der Waals surface area contributed by atoms with Gasteiger partial charge >= 0.3 is 4.87 Å². The molecule has 1 heterocycles. The smallest absolute Gasteiger partial charge is 0.307 e. The van der Waals surface area contributed by atoms with E-state index in [0.29, 0.717) is 23.4 Å². The largest absolute Gasteiger partial charge is 0.508 e. The lowest BCUT2D eigenvalue weighted by atomic mass is 10.0. The van der Waals surface area contributed by atoms with Gasteiger partial charge in [-0.25, -0.2) is 0 Å². The highest BCUT2D eigenvalue weighted by Crippen LogP contribution is 2.25. The first-order valence-electron chi connectivity index (χ1n) is 11.4. The highest BCUT2D eigenvalue weighted by Gasteiger charge is 2.14. The van der Waals surface area contributed by atoms with E-state index in [1.54, 1.807) is 36.2 Å². The maximum absolute atomic E-state index is 13.1. The van der Waals surface area contributed by atoms with E-state index in [1.165, 1.54) is 0 Å². The van der Waals surface area contributed by atoms with Crippen LogP contribution >= 0.6 is 11.3 Å². The minimum atomic E-state index is -0.264. The summed E-state index contributed by atoms with van der Waals surface area (Å²) >= 11 is 1.02. The molecular formula is C29H24N2O4S. The lowest BCUT2D eigenvalue weighted by Crippen LogP contribution is -2.26. The number of aromatic amines is 1. The molecule has 0 saturated heterocycles. The summed E-state index contributed by atoms with van der Waals surface area (Å²) in [6.45, 7) is 0.462. The molecule has 7 heteroatoms. The number of aromatic hydroxyl groups is 2. The van der Waals surface area contributed by atoms with Gasteiger partial charge in [-0.3, -0.25) is 14.6 Å². The summed E-state index contributed by atoms with van der Waals surface area (Å²) < 4.78 is 0. The minimum absolute atomic E-state index is 0.0663. The fourth-order valence-electron chi connectivity index (χ4n) is 4.25. The van der Waals surface area contributed by atoms with E-state index in [2.05, 4.69) is 11.1 Å². The Morgan fingerprint density at radius 3 is 2.36 bits per heavy atom. The van der Waals surface area contributed by atoms with Crippen LogP contribution < -0.4 is 4.87 Å². The quantitative estimate of drug-likeness (QED) is 0.288. The molecule has 0 spiro atoms. The van der Waals surface area contributed by atoms with E-state index in [0.717, 1.165) is 44.4 Å². The summed E-state index contributed by atoms with van der Waals surface area (Å²) in [7, 11) is 1.79. The number of phenols is 1. The van der Waals surface area contributed by atoms with Gasteiger partial charge in [0.25, 0.3) is 5.91 Å². The van der Waals surface area contributed by atoms with Crippen LogP contribution in [-0.4, -0.2) is 33.1 Å². The normalized spacial score (nSPS) is 11.0. The van der Waals surface area contributed by atoms with Crippen LogP contribution in [0.4, 0.5) is 0 Å². The molecule has 0 aliphatic heterocycles. The van der Waals surface area contributed by atoms with Crippen LogP contribution in [0.25, 0.3) is 21.9 Å². The number of amides is 1. The second-order valence-electron chi connectivity index (χ2n) is 8.77. The fraction of sp³-hybridized carbons (Fsp3) is 0.103. The van der Waals surface area contributed by atoms with E-state index in [-0.39, 0.29) is 22.4 Å². The van der Waals surface area contributed by atoms with Crippen molar-refractivity contribution in [3.05, 3.63) is 116 Å². The highest BCUT2D eigenvalue weighted by atomic mass is 32.1. The molecule has 36 heavy (non-hydrogen) atoms. The van der Waals surface area contributed by atoms with Crippen molar-refractivity contribution in [2.45, 2.75) is 13.0 Å². The topological polar surface area (TPSA) is 93.6 Å². The van der Waals surface area contributed by atoms with Gasteiger partial charge in [-0.1, -0.05) is 65.9 Å². The third-order valence-electron chi connectivity index (χ3n) is 6.12.